The smallest absolute Gasteiger partial charge is 0.252 e. The van der Waals surface area contributed by atoms with Crippen LogP contribution in [0, 0.1) is 23.2 Å². The highest BCUT2D eigenvalue weighted by Crippen LogP contribution is 2.61. The fraction of sp³-hybridized carbons (Fsp3) is 0.464. The van der Waals surface area contributed by atoms with Crippen molar-refractivity contribution in [1.29, 1.82) is 0 Å². The molecule has 10 rings (SSSR count). The molecule has 0 amide bonds. The number of hydrogen-bond acceptors (Lipinski definition) is 1. The van der Waals surface area contributed by atoms with Gasteiger partial charge in [-0.3, -0.25) is 0 Å². The molecule has 0 radical (unpaired) electrons. The first-order valence-corrected chi connectivity index (χ1v) is 22.8. The van der Waals surface area contributed by atoms with Gasteiger partial charge >= 0.3 is 0 Å². The van der Waals surface area contributed by atoms with Crippen LogP contribution < -0.4 is 21.3 Å². The third kappa shape index (κ3) is 5.64. The van der Waals surface area contributed by atoms with E-state index in [4.69, 9.17) is 0 Å². The Labute approximate surface area is 355 Å². The zero-order valence-corrected chi connectivity index (χ0v) is 38.8. The number of nitrogens with zero attached hydrogens (tertiary/aromatic N) is 2. The highest BCUT2D eigenvalue weighted by Gasteiger charge is 2.58. The molecule has 4 aliphatic rings. The summed E-state index contributed by atoms with van der Waals surface area (Å²) in [5.41, 5.74) is 20.1. The van der Waals surface area contributed by atoms with Crippen molar-refractivity contribution in [2.24, 2.45) is 23.2 Å². The third-order valence-corrected chi connectivity index (χ3v) is 16.2. The van der Waals surface area contributed by atoms with Crippen molar-refractivity contribution in [1.82, 2.24) is 4.57 Å². The van der Waals surface area contributed by atoms with Gasteiger partial charge in [0.05, 0.1) is 5.52 Å². The standard InChI is InChI=1S/C56H67BN2/c1-32-40-28-39(56(32,14)15)31-47(40)58-46-23-21-37(54(8,9)10)29-43(46)57-44-30-38(55(11,12)13)27-42-41-26-36(53(5,6)7)20-22-45(41)59(51(42)44)49-25-34(24-48(58)50(49)57)33-16-18-35(19-17-33)52(2,3)4/h16-27,29-30,32,39-40,47H,28,31H2,1-15H3. The van der Waals surface area contributed by atoms with Crippen molar-refractivity contribution >= 4 is 56.3 Å². The lowest BCUT2D eigenvalue weighted by Crippen LogP contribution is -2.63. The summed E-state index contributed by atoms with van der Waals surface area (Å²) in [4.78, 5) is 2.90. The predicted molar refractivity (Wildman–Crippen MR) is 257 cm³/mol. The summed E-state index contributed by atoms with van der Waals surface area (Å²) in [7, 11) is 0. The van der Waals surface area contributed by atoms with Gasteiger partial charge in [-0.25, -0.2) is 0 Å². The number of fused-ring (bicyclic) bond motifs is 9. The van der Waals surface area contributed by atoms with Crippen molar-refractivity contribution in [2.45, 2.75) is 144 Å². The zero-order chi connectivity index (χ0) is 42.1. The maximum atomic E-state index is 2.90. The van der Waals surface area contributed by atoms with Crippen molar-refractivity contribution in [3.05, 3.63) is 107 Å². The Morgan fingerprint density at radius 3 is 1.71 bits per heavy atom. The van der Waals surface area contributed by atoms with E-state index in [0.29, 0.717) is 23.3 Å². The Balaban J connectivity index is 1.35. The molecule has 2 aliphatic heterocycles. The SMILES string of the molecule is CC1C2CC(CC2N2c3ccc(C(C)(C)C)cc3B3c4c2cc(-c2ccc(C(C)(C)C)cc2)cc4-n2c4ccc(C(C)(C)C)cc4c4cc(C(C)(C)C)cc3c42)C1(C)C. The van der Waals surface area contributed by atoms with Crippen LogP contribution in [0.3, 0.4) is 0 Å². The Morgan fingerprint density at radius 1 is 0.542 bits per heavy atom. The van der Waals surface area contributed by atoms with E-state index < -0.39 is 0 Å². The van der Waals surface area contributed by atoms with E-state index >= 15 is 0 Å². The van der Waals surface area contributed by atoms with Crippen molar-refractivity contribution in [3.63, 3.8) is 0 Å². The predicted octanol–water partition coefficient (Wildman–Crippen LogP) is 13.0. The van der Waals surface area contributed by atoms with Crippen LogP contribution in [0.15, 0.2) is 84.9 Å². The maximum Gasteiger partial charge on any atom is 0.252 e. The molecule has 2 aliphatic carbocycles. The second kappa shape index (κ2) is 12.2. The highest BCUT2D eigenvalue weighted by atomic mass is 15.2. The van der Waals surface area contributed by atoms with Crippen molar-refractivity contribution < 1.29 is 0 Å². The van der Waals surface area contributed by atoms with Crippen molar-refractivity contribution in [2.75, 3.05) is 4.90 Å². The lowest BCUT2D eigenvalue weighted by Gasteiger charge is -2.49. The molecule has 4 atom stereocenters. The van der Waals surface area contributed by atoms with E-state index in [1.807, 2.05) is 0 Å². The highest BCUT2D eigenvalue weighted by molar-refractivity contribution is 7.00. The molecule has 4 unspecified atom stereocenters. The van der Waals surface area contributed by atoms with Crippen LogP contribution in [0.2, 0.25) is 0 Å². The zero-order valence-electron chi connectivity index (χ0n) is 38.8. The lowest BCUT2D eigenvalue weighted by atomic mass is 9.33. The quantitative estimate of drug-likeness (QED) is 0.159. The summed E-state index contributed by atoms with van der Waals surface area (Å²) >= 11 is 0. The number of benzene rings is 5. The molecule has 3 heteroatoms. The van der Waals surface area contributed by atoms with Gasteiger partial charge < -0.3 is 9.47 Å². The van der Waals surface area contributed by atoms with Gasteiger partial charge in [0.25, 0.3) is 6.71 Å². The van der Waals surface area contributed by atoms with E-state index in [9.17, 15) is 0 Å². The Hall–Kier alpha value is -4.24. The van der Waals surface area contributed by atoms with Crippen LogP contribution in [0.25, 0.3) is 38.6 Å². The molecule has 3 heterocycles. The molecule has 304 valence electrons. The second-order valence-corrected chi connectivity index (χ2v) is 24.1. The molecule has 2 saturated carbocycles. The summed E-state index contributed by atoms with van der Waals surface area (Å²) in [6, 6.07) is 35.3. The number of aromatic nitrogens is 1. The van der Waals surface area contributed by atoms with Gasteiger partial charge in [0.1, 0.15) is 0 Å². The van der Waals surface area contributed by atoms with Gasteiger partial charge in [0.2, 0.25) is 0 Å². The minimum absolute atomic E-state index is 0.00422. The van der Waals surface area contributed by atoms with E-state index in [1.165, 1.54) is 101 Å². The molecule has 6 aromatic rings. The van der Waals surface area contributed by atoms with Crippen LogP contribution in [0.5, 0.6) is 0 Å². The fourth-order valence-corrected chi connectivity index (χ4v) is 12.0. The maximum absolute atomic E-state index is 2.90. The van der Waals surface area contributed by atoms with Crippen LogP contribution in [0.4, 0.5) is 11.4 Å². The van der Waals surface area contributed by atoms with E-state index in [2.05, 4.69) is 198 Å². The summed E-state index contributed by atoms with van der Waals surface area (Å²) in [5, 5.41) is 2.76. The van der Waals surface area contributed by atoms with Crippen LogP contribution >= 0.6 is 0 Å². The topological polar surface area (TPSA) is 8.17 Å². The Morgan fingerprint density at radius 2 is 1.10 bits per heavy atom. The minimum Gasteiger partial charge on any atom is -0.339 e. The number of anilines is 2. The summed E-state index contributed by atoms with van der Waals surface area (Å²) < 4.78 is 2.70. The normalized spacial score (nSPS) is 22.1. The first-order valence-electron chi connectivity index (χ1n) is 22.8. The largest absolute Gasteiger partial charge is 0.339 e. The first-order chi connectivity index (χ1) is 27.4. The van der Waals surface area contributed by atoms with Gasteiger partial charge in [0.15, 0.2) is 0 Å². The monoisotopic (exact) mass is 779 g/mol. The minimum atomic E-state index is -0.00422. The lowest BCUT2D eigenvalue weighted by molar-refractivity contribution is 0.123. The van der Waals surface area contributed by atoms with Crippen LogP contribution in [-0.2, 0) is 21.7 Å². The molecule has 2 nitrogen and oxygen atoms in total. The first kappa shape index (κ1) is 38.9. The molecular weight excluding hydrogens is 711 g/mol. The van der Waals surface area contributed by atoms with E-state index in [-0.39, 0.29) is 28.4 Å². The van der Waals surface area contributed by atoms with Gasteiger partial charge in [-0.2, -0.15) is 0 Å². The molecule has 0 saturated heterocycles. The molecular formula is C56H67BN2. The van der Waals surface area contributed by atoms with Gasteiger partial charge in [-0.1, -0.05) is 152 Å². The Bertz CT molecular complexity index is 2710. The third-order valence-electron chi connectivity index (χ3n) is 16.2. The average molecular weight is 779 g/mol. The molecule has 0 spiro atoms. The number of hydrogen-bond donors (Lipinski definition) is 0. The summed E-state index contributed by atoms with van der Waals surface area (Å²) in [5.74, 6) is 2.07. The van der Waals surface area contributed by atoms with Gasteiger partial charge in [0, 0.05) is 39.4 Å². The van der Waals surface area contributed by atoms with Crippen LogP contribution in [-0.4, -0.2) is 17.3 Å². The van der Waals surface area contributed by atoms with Gasteiger partial charge in [-0.05, 0) is 144 Å². The molecule has 59 heavy (non-hydrogen) atoms. The molecule has 0 N–H and O–H groups in total. The van der Waals surface area contributed by atoms with E-state index in [0.717, 1.165) is 5.92 Å². The summed E-state index contributed by atoms with van der Waals surface area (Å²) in [6.07, 6.45) is 2.59. The van der Waals surface area contributed by atoms with Crippen molar-refractivity contribution in [3.8, 4) is 16.8 Å². The second-order valence-electron chi connectivity index (χ2n) is 24.1. The summed E-state index contributed by atoms with van der Waals surface area (Å²) in [6.45, 7) is 36.1. The molecule has 1 aromatic heterocycles. The van der Waals surface area contributed by atoms with Gasteiger partial charge in [-0.15, -0.1) is 0 Å². The average Bonchev–Trinajstić information content (AvgIpc) is 3.80. The Kier molecular flexibility index (Phi) is 8.05. The number of rotatable bonds is 2. The molecule has 5 aromatic carbocycles. The molecule has 2 bridgehead atoms. The van der Waals surface area contributed by atoms with Crippen LogP contribution in [0.1, 0.15) is 139 Å². The fourth-order valence-electron chi connectivity index (χ4n) is 12.0. The molecule has 2 fully saturated rings. The van der Waals surface area contributed by atoms with E-state index in [1.54, 1.807) is 0 Å².